The number of hydrogen-bond acceptors (Lipinski definition) is 18. The van der Waals surface area contributed by atoms with E-state index in [4.69, 9.17) is 29.5 Å². The number of aryl methyl sites for hydroxylation is 1. The highest BCUT2D eigenvalue weighted by Crippen LogP contribution is 2.66. The van der Waals surface area contributed by atoms with Gasteiger partial charge in [-0.15, -0.1) is 20.4 Å². The van der Waals surface area contributed by atoms with Crippen molar-refractivity contribution in [2.75, 3.05) is 18.3 Å². The van der Waals surface area contributed by atoms with Gasteiger partial charge in [0.2, 0.25) is 5.82 Å². The van der Waals surface area contributed by atoms with Crippen LogP contribution in [0.15, 0.2) is 36.9 Å². The highest BCUT2D eigenvalue weighted by molar-refractivity contribution is 8.77. The minimum Gasteiger partial charge on any atom is -0.382 e. The van der Waals surface area contributed by atoms with Gasteiger partial charge >= 0.3 is 23.5 Å². The van der Waals surface area contributed by atoms with E-state index >= 15 is 0 Å². The number of ether oxygens (including phenoxy) is 2. The highest BCUT2D eigenvalue weighted by atomic mass is 33.1. The molecule has 1 aliphatic heterocycles. The van der Waals surface area contributed by atoms with Crippen LogP contribution in [0.25, 0.3) is 22.6 Å². The molecule has 0 amide bonds. The lowest BCUT2D eigenvalue weighted by Gasteiger charge is -2.24. The molecule has 21 nitrogen and oxygen atoms in total. The number of rotatable bonds is 16. The number of anilines is 1. The number of aromatic nitrogens is 8. The molecule has 4 heterocycles. The van der Waals surface area contributed by atoms with Crippen LogP contribution in [0.5, 0.6) is 0 Å². The Morgan fingerprint density at radius 1 is 1.02 bits per heavy atom. The Labute approximate surface area is 292 Å². The van der Waals surface area contributed by atoms with Crippen LogP contribution >= 0.6 is 45.1 Å². The Balaban J connectivity index is 1.20. The SMILES string of the molecule is Cc1nnc(-c2ccc(BC(C)(C)SSCO[C@@H]3C[C@H](n4cnc5c(N)ncnc54)OC3COP(=O)(O)OP(=O)(O)OP(=O)(O)O)cc2)nn1. The fourth-order valence-corrected chi connectivity index (χ4v) is 10.0. The monoisotopic (exact) mass is 793 g/mol. The van der Waals surface area contributed by atoms with Crippen LogP contribution in [0.4, 0.5) is 5.82 Å². The van der Waals surface area contributed by atoms with Crippen molar-refractivity contribution in [1.82, 2.24) is 39.9 Å². The first-order valence-electron chi connectivity index (χ1n) is 14.3. The molecule has 4 aromatic rings. The van der Waals surface area contributed by atoms with Gasteiger partial charge in [-0.25, -0.2) is 28.6 Å². The molecular weight excluding hydrogens is 762 g/mol. The Morgan fingerprint density at radius 3 is 2.40 bits per heavy atom. The number of nitrogens with zero attached hydrogens (tertiary/aromatic N) is 8. The molecule has 27 heteroatoms. The summed E-state index contributed by atoms with van der Waals surface area (Å²) < 4.78 is 61.1. The Kier molecular flexibility index (Phi) is 12.2. The van der Waals surface area contributed by atoms with Gasteiger partial charge in [-0.2, -0.15) is 8.62 Å². The number of fused-ring (bicyclic) bond motifs is 1. The van der Waals surface area contributed by atoms with E-state index in [0.717, 1.165) is 11.0 Å². The van der Waals surface area contributed by atoms with E-state index in [0.29, 0.717) is 30.1 Å². The number of imidazole rings is 1. The van der Waals surface area contributed by atoms with Gasteiger partial charge in [0.25, 0.3) is 0 Å². The van der Waals surface area contributed by atoms with Crippen LogP contribution in [0, 0.1) is 6.92 Å². The van der Waals surface area contributed by atoms with E-state index in [9.17, 15) is 23.5 Å². The maximum Gasteiger partial charge on any atom is 0.490 e. The number of nitrogen functional groups attached to an aromatic ring is 1. The minimum atomic E-state index is -5.71. The molecule has 5 atom stereocenters. The zero-order valence-corrected chi connectivity index (χ0v) is 30.7. The topological polar surface area (TPSA) is 299 Å². The number of phosphoric ester groups is 1. The summed E-state index contributed by atoms with van der Waals surface area (Å²) in [4.78, 5) is 49.4. The predicted octanol–water partition coefficient (Wildman–Crippen LogP) is 1.82. The van der Waals surface area contributed by atoms with E-state index in [2.05, 4.69) is 57.8 Å². The Morgan fingerprint density at radius 2 is 1.72 bits per heavy atom. The minimum absolute atomic E-state index is 0.144. The lowest BCUT2D eigenvalue weighted by Crippen LogP contribution is -2.33. The normalized spacial score (nSPS) is 20.8. The fourth-order valence-electron chi connectivity index (χ4n) is 4.73. The number of phosphoric acid groups is 3. The second-order valence-electron chi connectivity index (χ2n) is 11.3. The van der Waals surface area contributed by atoms with Gasteiger partial charge in [0.15, 0.2) is 24.6 Å². The van der Waals surface area contributed by atoms with Crippen LogP contribution in [-0.2, 0) is 36.3 Å². The standard InChI is InChI=1S/C23H31BN9O12P3S2/c1-13-29-31-21(32-30-13)14-4-6-15(7-5-14)24-23(2,3)50-49-12-41-16-8-18(33-11-28-19-20(25)26-10-27-22(19)33)43-17(16)9-42-47(37,38)45-48(39,40)44-46(34,35)36/h4-7,10-11,16-18,24H,8-9,12H2,1-3H3,(H,37,38)(H,39,40)(H2,25,26,27)(H2,34,35,36)/t16-,17?,18-/m1/s1. The molecule has 0 saturated carbocycles. The van der Waals surface area contributed by atoms with E-state index in [1.54, 1.807) is 22.3 Å². The average Bonchev–Trinajstić information content (AvgIpc) is 3.62. The molecule has 1 saturated heterocycles. The van der Waals surface area contributed by atoms with Crippen LogP contribution in [0.3, 0.4) is 0 Å². The van der Waals surface area contributed by atoms with Gasteiger partial charge in [-0.05, 0) is 11.6 Å². The number of hydrogen-bond donors (Lipinski definition) is 5. The molecule has 50 heavy (non-hydrogen) atoms. The van der Waals surface area contributed by atoms with Gasteiger partial charge in [0.1, 0.15) is 30.1 Å². The largest absolute Gasteiger partial charge is 0.490 e. The van der Waals surface area contributed by atoms with Crippen molar-refractivity contribution in [2.45, 2.75) is 50.3 Å². The van der Waals surface area contributed by atoms with Crippen LogP contribution < -0.4 is 11.2 Å². The van der Waals surface area contributed by atoms with Crippen molar-refractivity contribution in [3.8, 4) is 11.4 Å². The van der Waals surface area contributed by atoms with Crippen molar-refractivity contribution in [3.63, 3.8) is 0 Å². The highest BCUT2D eigenvalue weighted by Gasteiger charge is 2.43. The van der Waals surface area contributed by atoms with E-state index in [-0.39, 0.29) is 22.8 Å². The molecular formula is C23H31BN9O12P3S2. The van der Waals surface area contributed by atoms with Crippen LogP contribution in [0.2, 0.25) is 0 Å². The zero-order chi connectivity index (χ0) is 36.3. The van der Waals surface area contributed by atoms with E-state index in [1.807, 2.05) is 24.3 Å². The van der Waals surface area contributed by atoms with Gasteiger partial charge in [0.05, 0.1) is 19.0 Å². The third-order valence-electron chi connectivity index (χ3n) is 6.73. The van der Waals surface area contributed by atoms with Gasteiger partial charge in [-0.1, -0.05) is 65.2 Å². The second kappa shape index (κ2) is 15.7. The smallest absolute Gasteiger partial charge is 0.382 e. The van der Waals surface area contributed by atoms with Crippen molar-refractivity contribution in [3.05, 3.63) is 42.7 Å². The summed E-state index contributed by atoms with van der Waals surface area (Å²) in [7, 11) is -13.0. The molecule has 1 aliphatic rings. The molecule has 6 N–H and O–H groups in total. The van der Waals surface area contributed by atoms with Gasteiger partial charge < -0.3 is 34.8 Å². The molecule has 3 aromatic heterocycles. The van der Waals surface area contributed by atoms with Crippen molar-refractivity contribution >= 4 is 74.8 Å². The van der Waals surface area contributed by atoms with Crippen molar-refractivity contribution in [1.29, 1.82) is 0 Å². The van der Waals surface area contributed by atoms with Gasteiger partial charge in [-0.3, -0.25) is 9.09 Å². The lowest BCUT2D eigenvalue weighted by atomic mass is 9.60. The molecule has 0 spiro atoms. The Hall–Kier alpha value is -2.40. The maximum absolute atomic E-state index is 12.4. The molecule has 1 fully saturated rings. The molecule has 1 aromatic carbocycles. The summed E-state index contributed by atoms with van der Waals surface area (Å²) in [6.45, 7) is 5.16. The van der Waals surface area contributed by atoms with Crippen LogP contribution in [0.1, 0.15) is 32.3 Å². The average molecular weight is 793 g/mol. The summed E-state index contributed by atoms with van der Waals surface area (Å²) in [5.74, 6) is 1.22. The second-order valence-corrected chi connectivity index (χ2v) is 18.6. The summed E-state index contributed by atoms with van der Waals surface area (Å²) in [6.07, 6.45) is 0.327. The molecule has 0 aliphatic carbocycles. The summed E-state index contributed by atoms with van der Waals surface area (Å²) in [6, 6.07) is 7.78. The lowest BCUT2D eigenvalue weighted by molar-refractivity contribution is -0.0522. The molecule has 5 rings (SSSR count). The maximum atomic E-state index is 12.4. The third-order valence-corrected chi connectivity index (χ3v) is 13.5. The first kappa shape index (κ1) is 38.8. The van der Waals surface area contributed by atoms with E-state index in [1.165, 1.54) is 23.4 Å². The molecule has 270 valence electrons. The Bertz CT molecular complexity index is 1940. The van der Waals surface area contributed by atoms with Gasteiger partial charge in [0, 0.05) is 12.0 Å². The summed E-state index contributed by atoms with van der Waals surface area (Å²) in [5.41, 5.74) is 8.46. The quantitative estimate of drug-likeness (QED) is 0.0355. The zero-order valence-electron chi connectivity index (χ0n) is 26.4. The molecule has 3 unspecified atom stereocenters. The van der Waals surface area contributed by atoms with Crippen molar-refractivity contribution < 1.29 is 55.9 Å². The van der Waals surface area contributed by atoms with Crippen LogP contribution in [-0.4, -0.2) is 96.2 Å². The summed E-state index contributed by atoms with van der Waals surface area (Å²) >= 11 is 0. The predicted molar refractivity (Wildman–Crippen MR) is 182 cm³/mol. The molecule has 0 radical (unpaired) electrons. The first-order valence-corrected chi connectivity index (χ1v) is 21.1. The third kappa shape index (κ3) is 10.8. The fraction of sp³-hybridized carbons (Fsp3) is 0.435. The summed E-state index contributed by atoms with van der Waals surface area (Å²) in [5, 5.41) is 16.0. The first-order chi connectivity index (χ1) is 23.4. The number of benzene rings is 1. The van der Waals surface area contributed by atoms with E-state index < -0.39 is 48.5 Å². The molecule has 0 bridgehead atoms. The van der Waals surface area contributed by atoms with Crippen molar-refractivity contribution in [2.24, 2.45) is 0 Å². The number of nitrogens with two attached hydrogens (primary N) is 1.